The van der Waals surface area contributed by atoms with E-state index >= 15 is 0 Å². The highest BCUT2D eigenvalue weighted by Crippen LogP contribution is 2.37. The van der Waals surface area contributed by atoms with Crippen LogP contribution in [0.25, 0.3) is 22.3 Å². The van der Waals surface area contributed by atoms with Crippen molar-refractivity contribution in [2.45, 2.75) is 26.2 Å². The molecule has 0 spiro atoms. The monoisotopic (exact) mass is 345 g/mol. The van der Waals surface area contributed by atoms with E-state index in [0.717, 1.165) is 46.2 Å². The zero-order chi connectivity index (χ0) is 18.3. The van der Waals surface area contributed by atoms with Gasteiger partial charge >= 0.3 is 0 Å². The summed E-state index contributed by atoms with van der Waals surface area (Å²) in [5, 5.41) is 8.87. The Morgan fingerprint density at radius 3 is 2.23 bits per heavy atom. The number of nitriles is 1. The lowest BCUT2D eigenvalue weighted by atomic mass is 9.83. The fourth-order valence-corrected chi connectivity index (χ4v) is 3.70. The molecule has 1 aliphatic rings. The Labute approximate surface area is 151 Å². The summed E-state index contributed by atoms with van der Waals surface area (Å²) in [4.78, 5) is 0. The van der Waals surface area contributed by atoms with Crippen LogP contribution in [0, 0.1) is 23.0 Å². The van der Waals surface area contributed by atoms with Crippen LogP contribution in [0.15, 0.2) is 48.5 Å². The van der Waals surface area contributed by atoms with Crippen molar-refractivity contribution in [3.05, 3.63) is 82.4 Å². The number of hydrogen-bond acceptors (Lipinski definition) is 1. The van der Waals surface area contributed by atoms with Crippen LogP contribution >= 0.6 is 0 Å². The van der Waals surface area contributed by atoms with E-state index in [1.165, 1.54) is 17.7 Å². The van der Waals surface area contributed by atoms with Gasteiger partial charge < -0.3 is 0 Å². The molecule has 0 saturated carbocycles. The summed E-state index contributed by atoms with van der Waals surface area (Å²) in [6.07, 6.45) is 2.44. The van der Waals surface area contributed by atoms with Crippen molar-refractivity contribution in [3.63, 3.8) is 0 Å². The molecule has 0 unspecified atom stereocenters. The Balaban J connectivity index is 1.79. The summed E-state index contributed by atoms with van der Waals surface area (Å²) >= 11 is 0. The lowest BCUT2D eigenvalue weighted by Gasteiger charge is -2.22. The molecule has 128 valence electrons. The van der Waals surface area contributed by atoms with E-state index in [4.69, 9.17) is 5.26 Å². The van der Waals surface area contributed by atoms with E-state index in [0.29, 0.717) is 6.42 Å². The summed E-state index contributed by atoms with van der Waals surface area (Å²) < 4.78 is 28.2. The standard InChI is InChI=1S/C23H17F2N/c1-2-14-9-18-5-4-17-10-15(7-8-20(17)21(18)12-23(14)25)16-3-6-19(13-26)22(24)11-16/h3,6-12H,2,4-5H2,1H3. The van der Waals surface area contributed by atoms with Crippen LogP contribution in [0.1, 0.15) is 29.2 Å². The average molecular weight is 345 g/mol. The van der Waals surface area contributed by atoms with Crippen molar-refractivity contribution < 1.29 is 8.78 Å². The van der Waals surface area contributed by atoms with Gasteiger partial charge in [0.25, 0.3) is 0 Å². The van der Waals surface area contributed by atoms with Crippen LogP contribution < -0.4 is 0 Å². The molecule has 3 aromatic rings. The number of aryl methyl sites for hydroxylation is 3. The topological polar surface area (TPSA) is 23.8 Å². The highest BCUT2D eigenvalue weighted by atomic mass is 19.1. The summed E-state index contributed by atoms with van der Waals surface area (Å²) in [7, 11) is 0. The second-order valence-electron chi connectivity index (χ2n) is 6.63. The van der Waals surface area contributed by atoms with Gasteiger partial charge in [-0.3, -0.25) is 0 Å². The SMILES string of the molecule is CCc1cc2c(cc1F)-c1ccc(-c3ccc(C#N)c(F)c3)cc1CC2. The second-order valence-corrected chi connectivity index (χ2v) is 6.63. The molecule has 3 heteroatoms. The quantitative estimate of drug-likeness (QED) is 0.573. The Morgan fingerprint density at radius 2 is 1.54 bits per heavy atom. The van der Waals surface area contributed by atoms with Crippen molar-refractivity contribution >= 4 is 0 Å². The van der Waals surface area contributed by atoms with Gasteiger partial charge in [-0.05, 0) is 76.4 Å². The summed E-state index contributed by atoms with van der Waals surface area (Å²) in [6.45, 7) is 1.96. The van der Waals surface area contributed by atoms with Crippen LogP contribution in [0.2, 0.25) is 0 Å². The largest absolute Gasteiger partial charge is 0.207 e. The van der Waals surface area contributed by atoms with Crippen molar-refractivity contribution in [1.29, 1.82) is 5.26 Å². The first-order chi connectivity index (χ1) is 12.6. The van der Waals surface area contributed by atoms with Gasteiger partial charge in [-0.1, -0.05) is 37.3 Å². The molecule has 1 aliphatic carbocycles. The minimum Gasteiger partial charge on any atom is -0.207 e. The molecule has 3 aromatic carbocycles. The van der Waals surface area contributed by atoms with E-state index in [9.17, 15) is 8.78 Å². The highest BCUT2D eigenvalue weighted by molar-refractivity contribution is 5.77. The third-order valence-corrected chi connectivity index (χ3v) is 5.14. The first-order valence-corrected chi connectivity index (χ1v) is 8.75. The molecule has 0 amide bonds. The molecule has 4 rings (SSSR count). The molecule has 0 N–H and O–H groups in total. The van der Waals surface area contributed by atoms with Gasteiger partial charge in [0.1, 0.15) is 17.7 Å². The average Bonchev–Trinajstić information content (AvgIpc) is 2.67. The first kappa shape index (κ1) is 16.5. The molecule has 26 heavy (non-hydrogen) atoms. The van der Waals surface area contributed by atoms with Gasteiger partial charge in [0.15, 0.2) is 0 Å². The van der Waals surface area contributed by atoms with Crippen molar-refractivity contribution in [2.75, 3.05) is 0 Å². The van der Waals surface area contributed by atoms with E-state index in [-0.39, 0.29) is 11.4 Å². The molecule has 0 fully saturated rings. The number of hydrogen-bond donors (Lipinski definition) is 0. The fraction of sp³-hybridized carbons (Fsp3) is 0.174. The molecular weight excluding hydrogens is 328 g/mol. The third kappa shape index (κ3) is 2.68. The van der Waals surface area contributed by atoms with E-state index in [1.54, 1.807) is 12.1 Å². The number of halogens is 2. The van der Waals surface area contributed by atoms with Gasteiger partial charge in [0.05, 0.1) is 5.56 Å². The zero-order valence-electron chi connectivity index (χ0n) is 14.4. The van der Waals surface area contributed by atoms with Crippen LogP contribution in [-0.4, -0.2) is 0 Å². The molecular formula is C23H17F2N. The normalized spacial score (nSPS) is 12.2. The van der Waals surface area contributed by atoms with Gasteiger partial charge in [-0.2, -0.15) is 5.26 Å². The molecule has 1 nitrogen and oxygen atoms in total. The maximum Gasteiger partial charge on any atom is 0.141 e. The second kappa shape index (κ2) is 6.38. The highest BCUT2D eigenvalue weighted by Gasteiger charge is 2.19. The number of nitrogens with zero attached hydrogens (tertiary/aromatic N) is 1. The first-order valence-electron chi connectivity index (χ1n) is 8.75. The van der Waals surface area contributed by atoms with E-state index < -0.39 is 5.82 Å². The van der Waals surface area contributed by atoms with Crippen LogP contribution in [0.4, 0.5) is 8.78 Å². The molecule has 0 atom stereocenters. The number of fused-ring (bicyclic) bond motifs is 3. The van der Waals surface area contributed by atoms with Crippen molar-refractivity contribution in [2.24, 2.45) is 0 Å². The van der Waals surface area contributed by atoms with Gasteiger partial charge in [-0.25, -0.2) is 8.78 Å². The van der Waals surface area contributed by atoms with Gasteiger partial charge in [0, 0.05) is 0 Å². The summed E-state index contributed by atoms with van der Waals surface area (Å²) in [6, 6.07) is 16.1. The Hall–Kier alpha value is -2.99. The predicted molar refractivity (Wildman–Crippen MR) is 98.7 cm³/mol. The van der Waals surface area contributed by atoms with Crippen LogP contribution in [0.3, 0.4) is 0 Å². The maximum absolute atomic E-state index is 14.3. The van der Waals surface area contributed by atoms with Gasteiger partial charge in [-0.15, -0.1) is 0 Å². The van der Waals surface area contributed by atoms with E-state index in [2.05, 4.69) is 0 Å². The number of rotatable bonds is 2. The van der Waals surface area contributed by atoms with Crippen molar-refractivity contribution in [1.82, 2.24) is 0 Å². The van der Waals surface area contributed by atoms with Crippen LogP contribution in [0.5, 0.6) is 0 Å². The minimum absolute atomic E-state index is 0.0443. The van der Waals surface area contributed by atoms with Gasteiger partial charge in [0.2, 0.25) is 0 Å². The summed E-state index contributed by atoms with van der Waals surface area (Å²) in [5.74, 6) is -0.667. The number of benzene rings is 3. The van der Waals surface area contributed by atoms with Crippen LogP contribution in [-0.2, 0) is 19.3 Å². The van der Waals surface area contributed by atoms with Crippen molar-refractivity contribution in [3.8, 4) is 28.3 Å². The fourth-order valence-electron chi connectivity index (χ4n) is 3.70. The molecule has 0 bridgehead atoms. The Morgan fingerprint density at radius 1 is 0.846 bits per heavy atom. The minimum atomic E-state index is -0.512. The predicted octanol–water partition coefficient (Wildman–Crippen LogP) is 5.83. The lowest BCUT2D eigenvalue weighted by molar-refractivity contribution is 0.611. The molecule has 0 heterocycles. The molecule has 0 aromatic heterocycles. The molecule has 0 aliphatic heterocycles. The third-order valence-electron chi connectivity index (χ3n) is 5.14. The Kier molecular flexibility index (Phi) is 4.05. The summed E-state index contributed by atoms with van der Waals surface area (Å²) in [5.41, 5.74) is 6.78. The maximum atomic E-state index is 14.3. The van der Waals surface area contributed by atoms with E-state index in [1.807, 2.05) is 37.3 Å². The lowest BCUT2D eigenvalue weighted by Crippen LogP contribution is -2.06. The molecule has 0 saturated heterocycles. The zero-order valence-corrected chi connectivity index (χ0v) is 14.4. The molecule has 0 radical (unpaired) electrons. The Bertz CT molecular complexity index is 1060. The smallest absolute Gasteiger partial charge is 0.141 e.